The topological polar surface area (TPSA) is 81.4 Å². The van der Waals surface area contributed by atoms with E-state index in [1.165, 1.54) is 17.8 Å². The molecule has 0 saturated carbocycles. The molecule has 0 aliphatic heterocycles. The molecule has 0 spiro atoms. The summed E-state index contributed by atoms with van der Waals surface area (Å²) in [5.74, 6) is -0.480. The first-order valence-electron chi connectivity index (χ1n) is 6.51. The van der Waals surface area contributed by atoms with Gasteiger partial charge in [0.05, 0.1) is 12.2 Å². The number of nitrogens with one attached hydrogen (secondary N) is 1. The molecule has 2 amide bonds. The van der Waals surface area contributed by atoms with Crippen molar-refractivity contribution in [2.45, 2.75) is 39.0 Å². The molecule has 0 saturated heterocycles. The zero-order valence-electron chi connectivity index (χ0n) is 11.0. The molecular weight excluding hydrogens is 264 g/mol. The number of hydrogen-bond donors (Lipinski definition) is 2. The van der Waals surface area contributed by atoms with E-state index < -0.39 is 12.0 Å². The van der Waals surface area contributed by atoms with Crippen LogP contribution in [0.25, 0.3) is 0 Å². The molecule has 19 heavy (non-hydrogen) atoms. The maximum atomic E-state index is 11.6. The van der Waals surface area contributed by atoms with Crippen molar-refractivity contribution in [3.63, 3.8) is 0 Å². The molecule has 1 aliphatic carbocycles. The number of thiophene rings is 1. The summed E-state index contributed by atoms with van der Waals surface area (Å²) < 4.78 is 4.84. The number of ether oxygens (including phenoxy) is 1. The number of nitrogens with two attached hydrogens (primary N) is 1. The molecule has 1 aromatic rings. The highest BCUT2D eigenvalue weighted by molar-refractivity contribution is 7.17. The maximum Gasteiger partial charge on any atom is 0.412 e. The van der Waals surface area contributed by atoms with E-state index in [-0.39, 0.29) is 0 Å². The van der Waals surface area contributed by atoms with Crippen LogP contribution in [0.5, 0.6) is 0 Å². The van der Waals surface area contributed by atoms with E-state index in [2.05, 4.69) is 5.32 Å². The zero-order valence-corrected chi connectivity index (χ0v) is 11.8. The van der Waals surface area contributed by atoms with E-state index in [1.807, 2.05) is 0 Å². The van der Waals surface area contributed by atoms with E-state index >= 15 is 0 Å². The summed E-state index contributed by atoms with van der Waals surface area (Å²) in [5, 5.41) is 3.15. The molecule has 3 N–H and O–H groups in total. The predicted octanol–water partition coefficient (Wildman–Crippen LogP) is 2.68. The number of hydrogen-bond acceptors (Lipinski definition) is 4. The minimum absolute atomic E-state index is 0.294. The van der Waals surface area contributed by atoms with Crippen molar-refractivity contribution in [2.24, 2.45) is 5.73 Å². The second-order valence-corrected chi connectivity index (χ2v) is 5.58. The Morgan fingerprint density at radius 3 is 2.74 bits per heavy atom. The molecular formula is C13H18N2O3S. The maximum absolute atomic E-state index is 11.6. The van der Waals surface area contributed by atoms with Gasteiger partial charge >= 0.3 is 6.09 Å². The molecule has 104 valence electrons. The van der Waals surface area contributed by atoms with Crippen LogP contribution in [0.15, 0.2) is 0 Å². The highest BCUT2D eigenvalue weighted by Crippen LogP contribution is 2.37. The minimum atomic E-state index is -0.540. The van der Waals surface area contributed by atoms with Gasteiger partial charge in [-0.1, -0.05) is 6.42 Å². The van der Waals surface area contributed by atoms with E-state index in [1.54, 1.807) is 6.92 Å². The van der Waals surface area contributed by atoms with Crippen LogP contribution in [0.2, 0.25) is 0 Å². The number of anilines is 1. The van der Waals surface area contributed by atoms with Gasteiger partial charge in [0.1, 0.15) is 5.00 Å². The number of primary amides is 1. The van der Waals surface area contributed by atoms with Crippen LogP contribution in [0.4, 0.5) is 9.80 Å². The van der Waals surface area contributed by atoms with Gasteiger partial charge in [0.25, 0.3) is 5.91 Å². The molecule has 0 unspecified atom stereocenters. The fourth-order valence-electron chi connectivity index (χ4n) is 2.35. The monoisotopic (exact) mass is 282 g/mol. The molecule has 0 fully saturated rings. The lowest BCUT2D eigenvalue weighted by Crippen LogP contribution is -2.18. The van der Waals surface area contributed by atoms with Crippen LogP contribution in [0.1, 0.15) is 47.0 Å². The number of carbonyl (C=O) groups is 2. The predicted molar refractivity (Wildman–Crippen MR) is 74.7 cm³/mol. The van der Waals surface area contributed by atoms with Crippen molar-refractivity contribution in [1.29, 1.82) is 0 Å². The van der Waals surface area contributed by atoms with Gasteiger partial charge in [-0.05, 0) is 38.2 Å². The van der Waals surface area contributed by atoms with Crippen LogP contribution in [-0.2, 0) is 17.6 Å². The number of fused-ring (bicyclic) bond motifs is 1. The van der Waals surface area contributed by atoms with E-state index in [0.717, 1.165) is 36.1 Å². The van der Waals surface area contributed by atoms with Gasteiger partial charge < -0.3 is 10.5 Å². The Balaban J connectivity index is 2.32. The van der Waals surface area contributed by atoms with Crippen LogP contribution in [0, 0.1) is 0 Å². The summed E-state index contributed by atoms with van der Waals surface area (Å²) >= 11 is 1.45. The first kappa shape index (κ1) is 13.9. The lowest BCUT2D eigenvalue weighted by molar-refractivity contribution is 0.100. The van der Waals surface area contributed by atoms with Crippen molar-refractivity contribution in [2.75, 3.05) is 11.9 Å². The van der Waals surface area contributed by atoms with Gasteiger partial charge in [-0.3, -0.25) is 10.1 Å². The Kier molecular flexibility index (Phi) is 4.42. The third-order valence-electron chi connectivity index (χ3n) is 3.16. The van der Waals surface area contributed by atoms with Crippen LogP contribution in [-0.4, -0.2) is 18.6 Å². The summed E-state index contributed by atoms with van der Waals surface area (Å²) in [6.07, 6.45) is 4.61. The van der Waals surface area contributed by atoms with Gasteiger partial charge in [0.15, 0.2) is 0 Å². The Labute approximate surface area is 116 Å². The summed E-state index contributed by atoms with van der Waals surface area (Å²) in [6.45, 7) is 2.03. The van der Waals surface area contributed by atoms with Crippen molar-refractivity contribution in [3.8, 4) is 0 Å². The van der Waals surface area contributed by atoms with Crippen molar-refractivity contribution >= 4 is 28.3 Å². The molecule has 0 aromatic carbocycles. The van der Waals surface area contributed by atoms with Gasteiger partial charge in [0.2, 0.25) is 0 Å². The van der Waals surface area contributed by atoms with Gasteiger partial charge in [-0.2, -0.15) is 0 Å². The standard InChI is InChI=1S/C13H18N2O3S/c1-2-18-13(17)15-12-10(11(14)16)8-6-4-3-5-7-9(8)19-12/h2-7H2,1H3,(H2,14,16)(H,15,17). The first-order chi connectivity index (χ1) is 9.13. The molecule has 0 bridgehead atoms. The number of aryl methyl sites for hydroxylation is 1. The van der Waals surface area contributed by atoms with Crippen LogP contribution >= 0.6 is 11.3 Å². The fourth-order valence-corrected chi connectivity index (χ4v) is 3.63. The summed E-state index contributed by atoms with van der Waals surface area (Å²) in [6, 6.07) is 0. The Morgan fingerprint density at radius 2 is 2.05 bits per heavy atom. The van der Waals surface area contributed by atoms with Gasteiger partial charge in [-0.25, -0.2) is 4.79 Å². The second kappa shape index (κ2) is 6.06. The molecule has 6 heteroatoms. The SMILES string of the molecule is CCOC(=O)Nc1sc2c(c1C(N)=O)CCCCC2. The third-order valence-corrected chi connectivity index (χ3v) is 4.37. The molecule has 0 atom stereocenters. The second-order valence-electron chi connectivity index (χ2n) is 4.48. The smallest absolute Gasteiger partial charge is 0.412 e. The number of carbonyl (C=O) groups excluding carboxylic acids is 2. The Morgan fingerprint density at radius 1 is 1.32 bits per heavy atom. The molecule has 1 aromatic heterocycles. The van der Waals surface area contributed by atoms with Crippen molar-refractivity contribution in [3.05, 3.63) is 16.0 Å². The highest BCUT2D eigenvalue weighted by atomic mass is 32.1. The fraction of sp³-hybridized carbons (Fsp3) is 0.538. The molecule has 2 rings (SSSR count). The van der Waals surface area contributed by atoms with E-state index in [9.17, 15) is 9.59 Å². The van der Waals surface area contributed by atoms with E-state index in [0.29, 0.717) is 17.2 Å². The molecule has 0 radical (unpaired) electrons. The normalized spacial score (nSPS) is 14.4. The molecule has 1 aliphatic rings. The van der Waals surface area contributed by atoms with E-state index in [4.69, 9.17) is 10.5 Å². The summed E-state index contributed by atoms with van der Waals surface area (Å²) in [7, 11) is 0. The third kappa shape index (κ3) is 3.07. The average Bonchev–Trinajstić information content (AvgIpc) is 2.52. The minimum Gasteiger partial charge on any atom is -0.450 e. The quantitative estimate of drug-likeness (QED) is 0.836. The molecule has 5 nitrogen and oxygen atoms in total. The summed E-state index contributed by atoms with van der Waals surface area (Å²) in [4.78, 5) is 24.3. The van der Waals surface area contributed by atoms with Crippen LogP contribution < -0.4 is 11.1 Å². The average molecular weight is 282 g/mol. The summed E-state index contributed by atoms with van der Waals surface area (Å²) in [5.41, 5.74) is 6.94. The number of rotatable bonds is 3. The van der Waals surface area contributed by atoms with Crippen molar-refractivity contribution < 1.29 is 14.3 Å². The first-order valence-corrected chi connectivity index (χ1v) is 7.33. The zero-order chi connectivity index (χ0) is 13.8. The molecule has 1 heterocycles. The van der Waals surface area contributed by atoms with Crippen LogP contribution in [0.3, 0.4) is 0 Å². The Bertz CT molecular complexity index is 496. The van der Waals surface area contributed by atoms with Crippen molar-refractivity contribution in [1.82, 2.24) is 0 Å². The lowest BCUT2D eigenvalue weighted by Gasteiger charge is -2.05. The number of amides is 2. The van der Waals surface area contributed by atoms with Gasteiger partial charge in [-0.15, -0.1) is 11.3 Å². The largest absolute Gasteiger partial charge is 0.450 e. The highest BCUT2D eigenvalue weighted by Gasteiger charge is 2.24. The Hall–Kier alpha value is -1.56. The van der Waals surface area contributed by atoms with Gasteiger partial charge in [0, 0.05) is 4.88 Å². The lowest BCUT2D eigenvalue weighted by atomic mass is 10.1.